The maximum absolute atomic E-state index is 4.20. The Morgan fingerprint density at radius 3 is 2.88 bits per heavy atom. The summed E-state index contributed by atoms with van der Waals surface area (Å²) in [5, 5.41) is 3.32. The first-order chi connectivity index (χ1) is 7.84. The maximum atomic E-state index is 4.20. The molecule has 1 unspecified atom stereocenters. The van der Waals surface area contributed by atoms with Crippen LogP contribution in [0.1, 0.15) is 19.8 Å². The Kier molecular flexibility index (Phi) is 4.10. The highest BCUT2D eigenvalue weighted by molar-refractivity contribution is 5.29. The van der Waals surface area contributed by atoms with Crippen LogP contribution in [-0.4, -0.2) is 41.0 Å². The number of anilines is 1. The van der Waals surface area contributed by atoms with Gasteiger partial charge in [0.15, 0.2) is 0 Å². The van der Waals surface area contributed by atoms with Crippen LogP contribution >= 0.6 is 0 Å². The van der Waals surface area contributed by atoms with Crippen LogP contribution in [0.25, 0.3) is 0 Å². The smallest absolute Gasteiger partial charge is 0.144 e. The second-order valence-corrected chi connectivity index (χ2v) is 4.58. The maximum Gasteiger partial charge on any atom is 0.144 e. The van der Waals surface area contributed by atoms with Crippen molar-refractivity contribution in [2.24, 2.45) is 5.92 Å². The summed E-state index contributed by atoms with van der Waals surface area (Å²) in [7, 11) is 0. The number of likely N-dealkylation sites (tertiary alicyclic amines) is 1. The zero-order valence-electron chi connectivity index (χ0n) is 9.89. The van der Waals surface area contributed by atoms with Crippen molar-refractivity contribution in [3.63, 3.8) is 0 Å². The van der Waals surface area contributed by atoms with Crippen molar-refractivity contribution in [3.8, 4) is 0 Å². The number of nitrogens with zero attached hydrogens (tertiary/aromatic N) is 3. The second-order valence-electron chi connectivity index (χ2n) is 4.58. The number of nitrogens with one attached hydrogen (secondary N) is 1. The molecule has 1 aromatic rings. The quantitative estimate of drug-likeness (QED) is 0.818. The van der Waals surface area contributed by atoms with E-state index in [1.807, 2.05) is 0 Å². The summed E-state index contributed by atoms with van der Waals surface area (Å²) in [5.74, 6) is 1.52. The highest BCUT2D eigenvalue weighted by Crippen LogP contribution is 2.10. The van der Waals surface area contributed by atoms with Gasteiger partial charge in [-0.3, -0.25) is 4.98 Å². The predicted molar refractivity (Wildman–Crippen MR) is 65.4 cm³/mol. The molecule has 4 heteroatoms. The van der Waals surface area contributed by atoms with Crippen LogP contribution in [0.3, 0.4) is 0 Å². The number of aromatic nitrogens is 2. The second kappa shape index (κ2) is 5.80. The molecule has 0 aromatic carbocycles. The van der Waals surface area contributed by atoms with Gasteiger partial charge in [-0.15, -0.1) is 0 Å². The molecule has 1 aromatic heterocycles. The van der Waals surface area contributed by atoms with Gasteiger partial charge in [0.1, 0.15) is 5.82 Å². The highest BCUT2D eigenvalue weighted by Gasteiger charge is 2.14. The van der Waals surface area contributed by atoms with Gasteiger partial charge in [0.05, 0.1) is 6.20 Å². The molecule has 0 radical (unpaired) electrons. The summed E-state index contributed by atoms with van der Waals surface area (Å²) in [6.07, 6.45) is 7.91. The van der Waals surface area contributed by atoms with Crippen molar-refractivity contribution < 1.29 is 0 Å². The van der Waals surface area contributed by atoms with Gasteiger partial charge in [-0.05, 0) is 31.8 Å². The average molecular weight is 220 g/mol. The van der Waals surface area contributed by atoms with Crippen LogP contribution in [0, 0.1) is 5.92 Å². The van der Waals surface area contributed by atoms with Crippen LogP contribution in [0.2, 0.25) is 0 Å². The van der Waals surface area contributed by atoms with Crippen molar-refractivity contribution in [1.29, 1.82) is 0 Å². The predicted octanol–water partition coefficient (Wildman–Crippen LogP) is 1.62. The Hall–Kier alpha value is -1.16. The SMILES string of the molecule is CC(CNc1cnccn1)CN1CCCC1. The van der Waals surface area contributed by atoms with E-state index in [4.69, 9.17) is 0 Å². The largest absolute Gasteiger partial charge is 0.368 e. The van der Waals surface area contributed by atoms with Crippen molar-refractivity contribution >= 4 is 5.82 Å². The Morgan fingerprint density at radius 1 is 1.38 bits per heavy atom. The van der Waals surface area contributed by atoms with Crippen LogP contribution < -0.4 is 5.32 Å². The monoisotopic (exact) mass is 220 g/mol. The molecule has 16 heavy (non-hydrogen) atoms. The van der Waals surface area contributed by atoms with Crippen molar-refractivity contribution in [1.82, 2.24) is 14.9 Å². The molecule has 0 aliphatic carbocycles. The van der Waals surface area contributed by atoms with E-state index in [1.165, 1.54) is 32.5 Å². The van der Waals surface area contributed by atoms with E-state index in [1.54, 1.807) is 18.6 Å². The molecule has 2 heterocycles. The molecule has 0 amide bonds. The first-order valence-electron chi connectivity index (χ1n) is 6.07. The Balaban J connectivity index is 1.69. The molecule has 1 aliphatic rings. The molecule has 1 N–H and O–H groups in total. The van der Waals surface area contributed by atoms with Crippen molar-refractivity contribution in [2.75, 3.05) is 31.5 Å². The van der Waals surface area contributed by atoms with Gasteiger partial charge < -0.3 is 10.2 Å². The van der Waals surface area contributed by atoms with Crippen molar-refractivity contribution in [3.05, 3.63) is 18.6 Å². The van der Waals surface area contributed by atoms with Crippen LogP contribution in [0.4, 0.5) is 5.82 Å². The first-order valence-corrected chi connectivity index (χ1v) is 6.07. The zero-order valence-corrected chi connectivity index (χ0v) is 9.89. The van der Waals surface area contributed by atoms with Crippen LogP contribution in [0.5, 0.6) is 0 Å². The minimum atomic E-state index is 0.653. The van der Waals surface area contributed by atoms with Gasteiger partial charge in [0.25, 0.3) is 0 Å². The molecule has 1 atom stereocenters. The summed E-state index contributed by atoms with van der Waals surface area (Å²) >= 11 is 0. The minimum absolute atomic E-state index is 0.653. The summed E-state index contributed by atoms with van der Waals surface area (Å²) in [4.78, 5) is 10.8. The normalized spacial score (nSPS) is 18.6. The summed E-state index contributed by atoms with van der Waals surface area (Å²) < 4.78 is 0. The molecule has 88 valence electrons. The standard InChI is InChI=1S/C12H20N4/c1-11(10-16-6-2-3-7-16)8-15-12-9-13-4-5-14-12/h4-5,9,11H,2-3,6-8,10H2,1H3,(H,14,15). The zero-order chi connectivity index (χ0) is 11.2. The van der Waals surface area contributed by atoms with Crippen LogP contribution in [0.15, 0.2) is 18.6 Å². The minimum Gasteiger partial charge on any atom is -0.368 e. The number of hydrogen-bond acceptors (Lipinski definition) is 4. The van der Waals surface area contributed by atoms with Gasteiger partial charge >= 0.3 is 0 Å². The summed E-state index contributed by atoms with van der Waals surface area (Å²) in [6, 6.07) is 0. The van der Waals surface area contributed by atoms with Gasteiger partial charge in [0, 0.05) is 25.5 Å². The van der Waals surface area contributed by atoms with E-state index in [0.717, 1.165) is 12.4 Å². The van der Waals surface area contributed by atoms with Gasteiger partial charge in [-0.2, -0.15) is 0 Å². The Morgan fingerprint density at radius 2 is 2.19 bits per heavy atom. The Labute approximate surface area is 97.1 Å². The van der Waals surface area contributed by atoms with E-state index in [2.05, 4.69) is 27.1 Å². The highest BCUT2D eigenvalue weighted by atomic mass is 15.1. The van der Waals surface area contributed by atoms with Gasteiger partial charge in [-0.25, -0.2) is 4.98 Å². The first kappa shape index (κ1) is 11.3. The van der Waals surface area contributed by atoms with E-state index < -0.39 is 0 Å². The molecule has 0 bridgehead atoms. The fourth-order valence-electron chi connectivity index (χ4n) is 2.14. The van der Waals surface area contributed by atoms with E-state index >= 15 is 0 Å². The number of hydrogen-bond donors (Lipinski definition) is 1. The van der Waals surface area contributed by atoms with Gasteiger partial charge in [-0.1, -0.05) is 6.92 Å². The van der Waals surface area contributed by atoms with E-state index in [9.17, 15) is 0 Å². The molecule has 4 nitrogen and oxygen atoms in total. The molecule has 1 fully saturated rings. The van der Waals surface area contributed by atoms with Crippen molar-refractivity contribution in [2.45, 2.75) is 19.8 Å². The third kappa shape index (κ3) is 3.45. The topological polar surface area (TPSA) is 41.1 Å². The molecule has 1 saturated heterocycles. The summed E-state index contributed by atoms with van der Waals surface area (Å²) in [5.41, 5.74) is 0. The van der Waals surface area contributed by atoms with Crippen LogP contribution in [-0.2, 0) is 0 Å². The lowest BCUT2D eigenvalue weighted by atomic mass is 10.1. The lowest BCUT2D eigenvalue weighted by molar-refractivity contribution is 0.294. The van der Waals surface area contributed by atoms with Gasteiger partial charge in [0.2, 0.25) is 0 Å². The van der Waals surface area contributed by atoms with E-state index in [-0.39, 0.29) is 0 Å². The fourth-order valence-corrected chi connectivity index (χ4v) is 2.14. The number of rotatable bonds is 5. The molecule has 0 saturated carbocycles. The lowest BCUT2D eigenvalue weighted by Crippen LogP contribution is -2.29. The molecule has 2 rings (SSSR count). The third-order valence-corrected chi connectivity index (χ3v) is 2.96. The molecular formula is C12H20N4. The van der Waals surface area contributed by atoms with E-state index in [0.29, 0.717) is 5.92 Å². The average Bonchev–Trinajstić information content (AvgIpc) is 2.81. The molecular weight excluding hydrogens is 200 g/mol. The Bertz CT molecular complexity index is 295. The molecule has 1 aliphatic heterocycles. The molecule has 0 spiro atoms. The fraction of sp³-hybridized carbons (Fsp3) is 0.667. The summed E-state index contributed by atoms with van der Waals surface area (Å²) in [6.45, 7) is 6.98. The lowest BCUT2D eigenvalue weighted by Gasteiger charge is -2.20. The third-order valence-electron chi connectivity index (χ3n) is 2.96.